The van der Waals surface area contributed by atoms with E-state index in [0.29, 0.717) is 0 Å². The Morgan fingerprint density at radius 1 is 1.08 bits per heavy atom. The highest BCUT2D eigenvalue weighted by Crippen LogP contribution is 2.44. The van der Waals surface area contributed by atoms with Crippen molar-refractivity contribution < 1.29 is 7.65 Å². The summed E-state index contributed by atoms with van der Waals surface area (Å²) in [6.45, 7) is 2.00. The van der Waals surface area contributed by atoms with Gasteiger partial charge in [0.25, 0.3) is 5.91 Å². The molecule has 1 aliphatic carbocycles. The first-order valence-electron chi connectivity index (χ1n) is 9.08. The first-order chi connectivity index (χ1) is 12.2. The van der Waals surface area contributed by atoms with Crippen LogP contribution >= 0.6 is 0 Å². The number of aryl methyl sites for hydroxylation is 1. The standard InChI is InChI=1S/C21H21N3O.2H2/c1-13-5-7-15-17(12-22-19(15)23-13)14-6-8-16-18(11-14)21(24-20(16)25)9-3-2-4-10-21;;/h5-8,11-12H,2-4,9-10H2,1H3,(H,22,23)(H,24,25);2*1H. The van der Waals surface area contributed by atoms with Crippen LogP contribution in [0.1, 0.15) is 56.6 Å². The fraction of sp³-hybridized carbons (Fsp3) is 0.333. The lowest BCUT2D eigenvalue weighted by Crippen LogP contribution is -2.40. The second kappa shape index (κ2) is 5.19. The Labute approximate surface area is 149 Å². The molecule has 1 aromatic carbocycles. The van der Waals surface area contributed by atoms with Gasteiger partial charge in [0.2, 0.25) is 0 Å². The number of hydrogen-bond donors (Lipinski definition) is 2. The van der Waals surface area contributed by atoms with Crippen molar-refractivity contribution in [2.24, 2.45) is 0 Å². The topological polar surface area (TPSA) is 57.8 Å². The van der Waals surface area contributed by atoms with Gasteiger partial charge in [-0.1, -0.05) is 25.3 Å². The summed E-state index contributed by atoms with van der Waals surface area (Å²) >= 11 is 0. The number of aromatic amines is 1. The Balaban J connectivity index is 0.00000105. The molecular formula is C21H25N3O. The van der Waals surface area contributed by atoms with Crippen molar-refractivity contribution in [3.8, 4) is 11.1 Å². The van der Waals surface area contributed by atoms with E-state index in [9.17, 15) is 4.79 Å². The van der Waals surface area contributed by atoms with E-state index < -0.39 is 0 Å². The highest BCUT2D eigenvalue weighted by Gasteiger charge is 2.43. The van der Waals surface area contributed by atoms with E-state index in [4.69, 9.17) is 0 Å². The number of benzene rings is 1. The number of nitrogens with one attached hydrogen (secondary N) is 2. The maximum absolute atomic E-state index is 12.5. The summed E-state index contributed by atoms with van der Waals surface area (Å²) in [7, 11) is 0. The molecular weight excluding hydrogens is 310 g/mol. The summed E-state index contributed by atoms with van der Waals surface area (Å²) in [6.07, 6.45) is 7.74. The Kier molecular flexibility index (Phi) is 3.05. The molecule has 1 fully saturated rings. The molecule has 1 saturated carbocycles. The van der Waals surface area contributed by atoms with Gasteiger partial charge in [0.1, 0.15) is 5.65 Å². The molecule has 1 spiro atoms. The maximum atomic E-state index is 12.5. The Morgan fingerprint density at radius 3 is 2.76 bits per heavy atom. The summed E-state index contributed by atoms with van der Waals surface area (Å²) in [5, 5.41) is 4.42. The Hall–Kier alpha value is -2.62. The average molecular weight is 335 g/mol. The quantitative estimate of drug-likeness (QED) is 0.662. The zero-order chi connectivity index (χ0) is 17.0. The number of amides is 1. The molecule has 130 valence electrons. The molecule has 5 rings (SSSR count). The predicted octanol–water partition coefficient (Wildman–Crippen LogP) is 4.93. The highest BCUT2D eigenvalue weighted by atomic mass is 16.2. The molecule has 4 nitrogen and oxygen atoms in total. The summed E-state index contributed by atoms with van der Waals surface area (Å²) in [6, 6.07) is 10.4. The van der Waals surface area contributed by atoms with Gasteiger partial charge in [-0.25, -0.2) is 4.98 Å². The van der Waals surface area contributed by atoms with Gasteiger partial charge in [-0.15, -0.1) is 0 Å². The molecule has 25 heavy (non-hydrogen) atoms. The van der Waals surface area contributed by atoms with E-state index in [1.165, 1.54) is 24.8 Å². The van der Waals surface area contributed by atoms with Crippen LogP contribution in [0.2, 0.25) is 0 Å². The van der Waals surface area contributed by atoms with Crippen LogP contribution in [0.25, 0.3) is 22.2 Å². The molecule has 2 N–H and O–H groups in total. The van der Waals surface area contributed by atoms with Crippen molar-refractivity contribution in [1.29, 1.82) is 0 Å². The van der Waals surface area contributed by atoms with Gasteiger partial charge >= 0.3 is 0 Å². The van der Waals surface area contributed by atoms with Gasteiger partial charge < -0.3 is 10.3 Å². The van der Waals surface area contributed by atoms with Gasteiger partial charge in [-0.2, -0.15) is 0 Å². The molecule has 0 radical (unpaired) electrons. The average Bonchev–Trinajstić information content (AvgIpc) is 3.15. The minimum Gasteiger partial charge on any atom is -0.346 e. The van der Waals surface area contributed by atoms with Crippen LogP contribution in [0.4, 0.5) is 0 Å². The third-order valence-corrected chi connectivity index (χ3v) is 5.83. The van der Waals surface area contributed by atoms with Gasteiger partial charge in [0, 0.05) is 31.3 Å². The number of aromatic nitrogens is 2. The number of hydrogen-bond acceptors (Lipinski definition) is 2. The first-order valence-corrected chi connectivity index (χ1v) is 9.08. The van der Waals surface area contributed by atoms with Crippen LogP contribution in [0, 0.1) is 6.92 Å². The van der Waals surface area contributed by atoms with Gasteiger partial charge in [0.15, 0.2) is 0 Å². The number of carbonyl (C=O) groups excluding carboxylic acids is 1. The van der Waals surface area contributed by atoms with Crippen LogP contribution in [-0.2, 0) is 5.54 Å². The van der Waals surface area contributed by atoms with Crippen molar-refractivity contribution in [3.05, 3.63) is 53.3 Å². The second-order valence-electron chi connectivity index (χ2n) is 7.41. The van der Waals surface area contributed by atoms with Crippen LogP contribution in [-0.4, -0.2) is 15.9 Å². The van der Waals surface area contributed by atoms with E-state index in [0.717, 1.165) is 46.3 Å². The van der Waals surface area contributed by atoms with Crippen molar-refractivity contribution in [2.45, 2.75) is 44.6 Å². The Bertz CT molecular complexity index is 1010. The third-order valence-electron chi connectivity index (χ3n) is 5.83. The van der Waals surface area contributed by atoms with Gasteiger partial charge in [-0.3, -0.25) is 4.79 Å². The molecule has 1 aliphatic heterocycles. The normalized spacial score (nSPS) is 18.5. The third kappa shape index (κ3) is 2.13. The van der Waals surface area contributed by atoms with Crippen molar-refractivity contribution >= 4 is 16.9 Å². The molecule has 0 atom stereocenters. The molecule has 2 aliphatic rings. The van der Waals surface area contributed by atoms with E-state index in [1.54, 1.807) is 0 Å². The molecule has 3 heterocycles. The van der Waals surface area contributed by atoms with Crippen molar-refractivity contribution in [3.63, 3.8) is 0 Å². The van der Waals surface area contributed by atoms with Gasteiger partial charge in [0.05, 0.1) is 5.54 Å². The van der Waals surface area contributed by atoms with Crippen LogP contribution in [0.5, 0.6) is 0 Å². The number of H-pyrrole nitrogens is 1. The number of carbonyl (C=O) groups is 1. The number of rotatable bonds is 1. The van der Waals surface area contributed by atoms with E-state index in [1.807, 2.05) is 25.3 Å². The van der Waals surface area contributed by atoms with Crippen LogP contribution < -0.4 is 5.32 Å². The molecule has 3 aromatic rings. The molecule has 0 unspecified atom stereocenters. The maximum Gasteiger partial charge on any atom is 0.252 e. The molecule has 1 amide bonds. The fourth-order valence-corrected chi connectivity index (χ4v) is 4.55. The number of fused-ring (bicyclic) bond motifs is 3. The van der Waals surface area contributed by atoms with Crippen molar-refractivity contribution in [2.75, 3.05) is 0 Å². The van der Waals surface area contributed by atoms with E-state index >= 15 is 0 Å². The van der Waals surface area contributed by atoms with Crippen LogP contribution in [0.15, 0.2) is 36.5 Å². The zero-order valence-electron chi connectivity index (χ0n) is 14.4. The lowest BCUT2D eigenvalue weighted by molar-refractivity contribution is 0.0909. The minimum atomic E-state index is -0.151. The molecule has 4 heteroatoms. The monoisotopic (exact) mass is 335 g/mol. The lowest BCUT2D eigenvalue weighted by atomic mass is 9.77. The minimum absolute atomic E-state index is 0. The van der Waals surface area contributed by atoms with Crippen LogP contribution in [0.3, 0.4) is 0 Å². The molecule has 0 bridgehead atoms. The fourth-order valence-electron chi connectivity index (χ4n) is 4.55. The Morgan fingerprint density at radius 2 is 1.92 bits per heavy atom. The largest absolute Gasteiger partial charge is 0.346 e. The second-order valence-corrected chi connectivity index (χ2v) is 7.41. The number of pyridine rings is 1. The van der Waals surface area contributed by atoms with E-state index in [2.05, 4.69) is 33.5 Å². The molecule has 2 aromatic heterocycles. The van der Waals surface area contributed by atoms with Gasteiger partial charge in [-0.05, 0) is 55.2 Å². The number of nitrogens with zero attached hydrogens (tertiary/aromatic N) is 1. The first kappa shape index (κ1) is 14.7. The summed E-state index contributed by atoms with van der Waals surface area (Å²) in [5.41, 5.74) is 6.10. The summed E-state index contributed by atoms with van der Waals surface area (Å²) < 4.78 is 0. The highest BCUT2D eigenvalue weighted by molar-refractivity contribution is 6.01. The SMILES string of the molecule is Cc1ccc2c(-c3ccc4c(c3)C3(CCCCC3)NC4=O)c[nH]c2n1.[HH].[HH]. The smallest absolute Gasteiger partial charge is 0.252 e. The lowest BCUT2D eigenvalue weighted by Gasteiger charge is -2.34. The van der Waals surface area contributed by atoms with E-state index in [-0.39, 0.29) is 14.3 Å². The zero-order valence-corrected chi connectivity index (χ0v) is 14.4. The summed E-state index contributed by atoms with van der Waals surface area (Å²) in [5.74, 6) is 0.0830. The summed E-state index contributed by atoms with van der Waals surface area (Å²) in [4.78, 5) is 20.3. The van der Waals surface area contributed by atoms with Crippen molar-refractivity contribution in [1.82, 2.24) is 15.3 Å². The predicted molar refractivity (Wildman–Crippen MR) is 103 cm³/mol. The molecule has 0 saturated heterocycles.